The molecule has 0 heterocycles. The van der Waals surface area contributed by atoms with Gasteiger partial charge < -0.3 is 0 Å². The highest BCUT2D eigenvalue weighted by Gasteiger charge is 1.89. The molecule has 0 fully saturated rings. The molecule has 0 N–H and O–H groups in total. The van der Waals surface area contributed by atoms with Gasteiger partial charge in [0, 0.05) is 0 Å². The average molecular weight is 176 g/mol. The molecule has 1 aromatic rings. The van der Waals surface area contributed by atoms with Crippen LogP contribution in [0.5, 0.6) is 0 Å². The molecule has 0 spiro atoms. The maximum atomic E-state index is 2.19. The van der Waals surface area contributed by atoms with Crippen LogP contribution in [0.1, 0.15) is 37.5 Å². The molecule has 1 rings (SSSR count). The second kappa shape index (κ2) is 6.47. The fourth-order valence-corrected chi connectivity index (χ4v) is 1.30. The van der Waals surface area contributed by atoms with Crippen molar-refractivity contribution in [2.75, 3.05) is 0 Å². The van der Waals surface area contributed by atoms with Gasteiger partial charge in [0.2, 0.25) is 0 Å². The Labute approximate surface area is 82.3 Å². The number of hydrogen-bond donors (Lipinski definition) is 0. The second-order valence-corrected chi connectivity index (χ2v) is 2.92. The van der Waals surface area contributed by atoms with Crippen LogP contribution in [0.4, 0.5) is 0 Å². The van der Waals surface area contributed by atoms with E-state index in [-0.39, 0.29) is 0 Å². The predicted molar refractivity (Wildman–Crippen MR) is 62.0 cm³/mol. The fraction of sp³-hybridized carbons (Fsp3) is 0.385. The van der Waals surface area contributed by atoms with Gasteiger partial charge in [-0.05, 0) is 26.3 Å². The predicted octanol–water partition coefficient (Wildman–Crippen LogP) is 4.36. The van der Waals surface area contributed by atoms with Crippen molar-refractivity contribution < 1.29 is 0 Å². The van der Waals surface area contributed by atoms with Gasteiger partial charge in [-0.3, -0.25) is 0 Å². The van der Waals surface area contributed by atoms with Crippen LogP contribution in [0.2, 0.25) is 0 Å². The van der Waals surface area contributed by atoms with E-state index in [1.165, 1.54) is 16.7 Å². The molecule has 1 aromatic carbocycles. The standard InChI is InChI=1S/C11H14.C2H6/c1-4-5-11-7-9(2)6-10(3)8-11;1-2/h4-8H,1-3H3;1-2H3. The third-order valence-electron chi connectivity index (χ3n) is 1.60. The van der Waals surface area contributed by atoms with Gasteiger partial charge in [-0.1, -0.05) is 55.3 Å². The molecular weight excluding hydrogens is 156 g/mol. The number of allylic oxidation sites excluding steroid dienone is 1. The first-order chi connectivity index (χ1) is 6.22. The summed E-state index contributed by atoms with van der Waals surface area (Å²) in [6.45, 7) is 10.3. The Morgan fingerprint density at radius 1 is 0.923 bits per heavy atom. The Morgan fingerprint density at radius 3 is 1.77 bits per heavy atom. The topological polar surface area (TPSA) is 0 Å². The number of rotatable bonds is 1. The van der Waals surface area contributed by atoms with Crippen LogP contribution in [0.25, 0.3) is 6.08 Å². The van der Waals surface area contributed by atoms with Crippen molar-refractivity contribution in [1.29, 1.82) is 0 Å². The molecule has 0 amide bonds. The van der Waals surface area contributed by atoms with Crippen molar-refractivity contribution in [3.63, 3.8) is 0 Å². The van der Waals surface area contributed by atoms with Crippen molar-refractivity contribution in [3.8, 4) is 0 Å². The molecule has 0 aliphatic rings. The molecule has 0 nitrogen and oxygen atoms in total. The Hall–Kier alpha value is -1.04. The Morgan fingerprint density at radius 2 is 1.38 bits per heavy atom. The molecule has 0 unspecified atom stereocenters. The van der Waals surface area contributed by atoms with Gasteiger partial charge in [0.1, 0.15) is 0 Å². The normalized spacial score (nSPS) is 9.62. The van der Waals surface area contributed by atoms with Crippen LogP contribution >= 0.6 is 0 Å². The highest BCUT2D eigenvalue weighted by molar-refractivity contribution is 5.51. The summed E-state index contributed by atoms with van der Waals surface area (Å²) in [4.78, 5) is 0. The minimum atomic E-state index is 1.30. The summed E-state index contributed by atoms with van der Waals surface area (Å²) in [7, 11) is 0. The molecule has 0 aliphatic heterocycles. The van der Waals surface area contributed by atoms with Crippen molar-refractivity contribution in [2.24, 2.45) is 0 Å². The summed E-state index contributed by atoms with van der Waals surface area (Å²) in [5.74, 6) is 0. The van der Waals surface area contributed by atoms with Crippen molar-refractivity contribution in [2.45, 2.75) is 34.6 Å². The Bertz CT molecular complexity index is 249. The average Bonchev–Trinajstić information content (AvgIpc) is 2.06. The summed E-state index contributed by atoms with van der Waals surface area (Å²) in [6.07, 6.45) is 4.19. The van der Waals surface area contributed by atoms with Gasteiger partial charge in [-0.15, -0.1) is 0 Å². The molecule has 0 atom stereocenters. The van der Waals surface area contributed by atoms with Gasteiger partial charge in [-0.25, -0.2) is 0 Å². The van der Waals surface area contributed by atoms with E-state index >= 15 is 0 Å². The van der Waals surface area contributed by atoms with Gasteiger partial charge in [0.05, 0.1) is 0 Å². The number of benzene rings is 1. The van der Waals surface area contributed by atoms with Gasteiger partial charge in [-0.2, -0.15) is 0 Å². The lowest BCUT2D eigenvalue weighted by atomic mass is 10.1. The van der Waals surface area contributed by atoms with Crippen LogP contribution in [-0.2, 0) is 0 Å². The molecular formula is C13H20. The maximum absolute atomic E-state index is 2.19. The Balaban J connectivity index is 0.000000671. The van der Waals surface area contributed by atoms with Crippen LogP contribution in [0.15, 0.2) is 24.3 Å². The van der Waals surface area contributed by atoms with E-state index in [0.29, 0.717) is 0 Å². The molecule has 0 saturated heterocycles. The monoisotopic (exact) mass is 176 g/mol. The van der Waals surface area contributed by atoms with Crippen LogP contribution in [-0.4, -0.2) is 0 Å². The smallest absolute Gasteiger partial charge is 0.0255 e. The molecule has 13 heavy (non-hydrogen) atoms. The quantitative estimate of drug-likeness (QED) is 0.596. The lowest BCUT2D eigenvalue weighted by molar-refractivity contribution is 1.37. The summed E-state index contributed by atoms with van der Waals surface area (Å²) < 4.78 is 0. The molecule has 0 aliphatic carbocycles. The third kappa shape index (κ3) is 4.51. The summed E-state index contributed by atoms with van der Waals surface area (Å²) in [6, 6.07) is 6.56. The van der Waals surface area contributed by atoms with E-state index < -0.39 is 0 Å². The van der Waals surface area contributed by atoms with Crippen LogP contribution in [0, 0.1) is 13.8 Å². The summed E-state index contributed by atoms with van der Waals surface area (Å²) in [5, 5.41) is 0. The van der Waals surface area contributed by atoms with Crippen LogP contribution < -0.4 is 0 Å². The lowest BCUT2D eigenvalue weighted by Gasteiger charge is -1.98. The fourth-order valence-electron chi connectivity index (χ4n) is 1.30. The third-order valence-corrected chi connectivity index (χ3v) is 1.60. The van der Waals surface area contributed by atoms with Gasteiger partial charge >= 0.3 is 0 Å². The first-order valence-electron chi connectivity index (χ1n) is 4.93. The first-order valence-corrected chi connectivity index (χ1v) is 4.93. The minimum absolute atomic E-state index is 1.30. The zero-order chi connectivity index (χ0) is 10.3. The van der Waals surface area contributed by atoms with E-state index in [1.54, 1.807) is 0 Å². The molecule has 0 saturated carbocycles. The molecule has 0 bridgehead atoms. The van der Waals surface area contributed by atoms with E-state index in [0.717, 1.165) is 0 Å². The van der Waals surface area contributed by atoms with Crippen molar-refractivity contribution in [1.82, 2.24) is 0 Å². The zero-order valence-electron chi connectivity index (χ0n) is 9.39. The molecule has 0 aromatic heterocycles. The van der Waals surface area contributed by atoms with Crippen molar-refractivity contribution in [3.05, 3.63) is 41.0 Å². The number of aryl methyl sites for hydroxylation is 2. The molecule has 0 heteroatoms. The van der Waals surface area contributed by atoms with E-state index in [4.69, 9.17) is 0 Å². The molecule has 0 radical (unpaired) electrons. The van der Waals surface area contributed by atoms with E-state index in [1.807, 2.05) is 20.8 Å². The second-order valence-electron chi connectivity index (χ2n) is 2.92. The minimum Gasteiger partial charge on any atom is -0.0871 e. The highest BCUT2D eigenvalue weighted by atomic mass is 14.0. The number of hydrogen-bond acceptors (Lipinski definition) is 0. The zero-order valence-corrected chi connectivity index (χ0v) is 9.39. The van der Waals surface area contributed by atoms with Crippen molar-refractivity contribution >= 4 is 6.08 Å². The SMILES string of the molecule is CC.CC=Cc1cc(C)cc(C)c1. The molecule has 72 valence electrons. The maximum Gasteiger partial charge on any atom is -0.0255 e. The largest absolute Gasteiger partial charge is 0.0871 e. The van der Waals surface area contributed by atoms with E-state index in [2.05, 4.69) is 44.2 Å². The Kier molecular flexibility index (Phi) is 5.96. The highest BCUT2D eigenvalue weighted by Crippen LogP contribution is 2.09. The first kappa shape index (κ1) is 12.0. The lowest BCUT2D eigenvalue weighted by Crippen LogP contribution is -1.79. The summed E-state index contributed by atoms with van der Waals surface area (Å²) in [5.41, 5.74) is 3.96. The van der Waals surface area contributed by atoms with Gasteiger partial charge in [0.15, 0.2) is 0 Å². The van der Waals surface area contributed by atoms with Crippen LogP contribution in [0.3, 0.4) is 0 Å². The van der Waals surface area contributed by atoms with Gasteiger partial charge in [0.25, 0.3) is 0 Å². The summed E-state index contributed by atoms with van der Waals surface area (Å²) >= 11 is 0. The van der Waals surface area contributed by atoms with E-state index in [9.17, 15) is 0 Å².